The fourth-order valence-corrected chi connectivity index (χ4v) is 2.40. The van der Waals surface area contributed by atoms with E-state index in [1.165, 1.54) is 13.2 Å². The topological polar surface area (TPSA) is 81.6 Å². The molecule has 0 atom stereocenters. The predicted octanol–water partition coefficient (Wildman–Crippen LogP) is 2.39. The van der Waals surface area contributed by atoms with Gasteiger partial charge in [0, 0.05) is 24.8 Å². The number of ether oxygens (including phenoxy) is 2. The quantitative estimate of drug-likeness (QED) is 0.807. The van der Waals surface area contributed by atoms with E-state index in [9.17, 15) is 9.59 Å². The van der Waals surface area contributed by atoms with Gasteiger partial charge in [-0.2, -0.15) is 0 Å². The van der Waals surface area contributed by atoms with Gasteiger partial charge in [-0.05, 0) is 32.0 Å². The minimum absolute atomic E-state index is 0.166. The lowest BCUT2D eigenvalue weighted by Crippen LogP contribution is -2.34. The van der Waals surface area contributed by atoms with Gasteiger partial charge >= 0.3 is 6.03 Å². The van der Waals surface area contributed by atoms with Crippen molar-refractivity contribution in [1.29, 1.82) is 0 Å². The summed E-state index contributed by atoms with van der Waals surface area (Å²) < 4.78 is 12.1. The molecule has 134 valence electrons. The molecule has 0 aliphatic heterocycles. The molecule has 7 heteroatoms. The van der Waals surface area contributed by atoms with Gasteiger partial charge in [-0.15, -0.1) is 0 Å². The summed E-state index contributed by atoms with van der Waals surface area (Å²) in [5, 5.41) is 5.48. The third-order valence-corrected chi connectivity index (χ3v) is 3.60. The Morgan fingerprint density at radius 1 is 1.24 bits per heavy atom. The van der Waals surface area contributed by atoms with E-state index in [-0.39, 0.29) is 11.6 Å². The van der Waals surface area contributed by atoms with E-state index in [0.29, 0.717) is 36.9 Å². The van der Waals surface area contributed by atoms with Crippen molar-refractivity contribution in [3.05, 3.63) is 52.4 Å². The summed E-state index contributed by atoms with van der Waals surface area (Å²) in [5.74, 6) is 1.14. The van der Waals surface area contributed by atoms with Gasteiger partial charge in [-0.25, -0.2) is 4.79 Å². The lowest BCUT2D eigenvalue weighted by molar-refractivity contribution is 0.251. The fourth-order valence-electron chi connectivity index (χ4n) is 2.40. The molecule has 2 aromatic rings. The number of para-hydroxylation sites is 2. The molecule has 0 radical (unpaired) electrons. The zero-order valence-electron chi connectivity index (χ0n) is 14.7. The number of benzene rings is 1. The monoisotopic (exact) mass is 345 g/mol. The Balaban J connectivity index is 1.92. The molecule has 0 fully saturated rings. The number of anilines is 1. The van der Waals surface area contributed by atoms with Gasteiger partial charge in [-0.3, -0.25) is 4.79 Å². The van der Waals surface area contributed by atoms with Gasteiger partial charge < -0.3 is 24.7 Å². The first-order valence-corrected chi connectivity index (χ1v) is 8.07. The number of aryl methyl sites for hydroxylation is 1. The van der Waals surface area contributed by atoms with Gasteiger partial charge in [0.05, 0.1) is 19.4 Å². The van der Waals surface area contributed by atoms with Crippen molar-refractivity contribution in [1.82, 2.24) is 9.88 Å². The van der Waals surface area contributed by atoms with Crippen molar-refractivity contribution in [2.75, 3.05) is 25.6 Å². The van der Waals surface area contributed by atoms with Crippen molar-refractivity contribution in [3.8, 4) is 11.5 Å². The Kier molecular flexibility index (Phi) is 6.45. The summed E-state index contributed by atoms with van der Waals surface area (Å²) in [6.45, 7) is 4.90. The molecule has 0 aliphatic carbocycles. The lowest BCUT2D eigenvalue weighted by atomic mass is 10.3. The number of methoxy groups -OCH3 is 1. The smallest absolute Gasteiger partial charge is 0.319 e. The van der Waals surface area contributed by atoms with Crippen LogP contribution in [0, 0.1) is 6.92 Å². The van der Waals surface area contributed by atoms with Crippen LogP contribution in [0.5, 0.6) is 11.5 Å². The van der Waals surface area contributed by atoms with Crippen LogP contribution in [-0.4, -0.2) is 30.9 Å². The zero-order valence-corrected chi connectivity index (χ0v) is 14.7. The molecule has 1 aromatic heterocycles. The highest BCUT2D eigenvalue weighted by molar-refractivity contribution is 5.90. The largest absolute Gasteiger partial charge is 0.496 e. The van der Waals surface area contributed by atoms with E-state index >= 15 is 0 Å². The van der Waals surface area contributed by atoms with Crippen LogP contribution in [-0.2, 0) is 6.54 Å². The van der Waals surface area contributed by atoms with Crippen LogP contribution < -0.4 is 25.7 Å². The molecule has 0 spiro atoms. The highest BCUT2D eigenvalue weighted by Crippen LogP contribution is 2.23. The molecule has 1 heterocycles. The zero-order chi connectivity index (χ0) is 18.2. The third-order valence-electron chi connectivity index (χ3n) is 3.60. The number of rotatable bonds is 7. The molecule has 2 N–H and O–H groups in total. The average Bonchev–Trinajstić information content (AvgIpc) is 2.59. The normalized spacial score (nSPS) is 10.2. The first-order valence-electron chi connectivity index (χ1n) is 8.07. The molecule has 0 aliphatic rings. The van der Waals surface area contributed by atoms with E-state index in [4.69, 9.17) is 9.47 Å². The van der Waals surface area contributed by atoms with Crippen LogP contribution in [0.2, 0.25) is 0 Å². The summed E-state index contributed by atoms with van der Waals surface area (Å²) in [6, 6.07) is 10.1. The Morgan fingerprint density at radius 2 is 2.00 bits per heavy atom. The van der Waals surface area contributed by atoms with Gasteiger partial charge in [0.1, 0.15) is 11.5 Å². The van der Waals surface area contributed by atoms with Gasteiger partial charge in [-0.1, -0.05) is 12.1 Å². The number of aromatic nitrogens is 1. The standard InChI is InChI=1S/C18H23N3O4/c1-4-25-16-8-6-5-7-15(16)20-18(23)19-9-10-21-13(2)11-14(24-3)12-17(21)22/h5-8,11-12H,4,9-10H2,1-3H3,(H2,19,20,23). The number of nitrogens with zero attached hydrogens (tertiary/aromatic N) is 1. The van der Waals surface area contributed by atoms with Gasteiger partial charge in [0.2, 0.25) is 0 Å². The highest BCUT2D eigenvalue weighted by atomic mass is 16.5. The average molecular weight is 345 g/mol. The molecule has 0 saturated heterocycles. The van der Waals surface area contributed by atoms with Crippen molar-refractivity contribution in [3.63, 3.8) is 0 Å². The molecule has 7 nitrogen and oxygen atoms in total. The summed E-state index contributed by atoms with van der Waals surface area (Å²) in [4.78, 5) is 24.1. The number of hydrogen-bond donors (Lipinski definition) is 2. The number of carbonyl (C=O) groups is 1. The summed E-state index contributed by atoms with van der Waals surface area (Å²) >= 11 is 0. The maximum Gasteiger partial charge on any atom is 0.319 e. The van der Waals surface area contributed by atoms with Crippen LogP contribution in [0.15, 0.2) is 41.2 Å². The molecular weight excluding hydrogens is 322 g/mol. The number of amides is 2. The van der Waals surface area contributed by atoms with Crippen molar-refractivity contribution < 1.29 is 14.3 Å². The van der Waals surface area contributed by atoms with Crippen LogP contribution >= 0.6 is 0 Å². The number of urea groups is 1. The molecule has 0 unspecified atom stereocenters. The Morgan fingerprint density at radius 3 is 2.68 bits per heavy atom. The summed E-state index contributed by atoms with van der Waals surface area (Å²) in [7, 11) is 1.52. The second-order valence-electron chi connectivity index (χ2n) is 5.34. The first kappa shape index (κ1) is 18.4. The predicted molar refractivity (Wildman–Crippen MR) is 96.6 cm³/mol. The van der Waals surface area contributed by atoms with Crippen molar-refractivity contribution >= 4 is 11.7 Å². The third kappa shape index (κ3) is 5.00. The fraction of sp³-hybridized carbons (Fsp3) is 0.333. The molecule has 1 aromatic carbocycles. The molecular formula is C18H23N3O4. The van der Waals surface area contributed by atoms with Gasteiger partial charge in [0.15, 0.2) is 0 Å². The Hall–Kier alpha value is -2.96. The maximum absolute atomic E-state index is 12.0. The number of hydrogen-bond acceptors (Lipinski definition) is 4. The first-order chi connectivity index (χ1) is 12.0. The maximum atomic E-state index is 12.0. The summed E-state index contributed by atoms with van der Waals surface area (Å²) in [6.07, 6.45) is 0. The molecule has 2 rings (SSSR count). The highest BCUT2D eigenvalue weighted by Gasteiger charge is 2.08. The minimum Gasteiger partial charge on any atom is -0.496 e. The second-order valence-corrected chi connectivity index (χ2v) is 5.34. The number of pyridine rings is 1. The number of carbonyl (C=O) groups excluding carboxylic acids is 1. The van der Waals surface area contributed by atoms with Crippen LogP contribution in [0.4, 0.5) is 10.5 Å². The van der Waals surface area contributed by atoms with E-state index in [1.807, 2.05) is 26.0 Å². The van der Waals surface area contributed by atoms with Crippen molar-refractivity contribution in [2.45, 2.75) is 20.4 Å². The van der Waals surface area contributed by atoms with Crippen molar-refractivity contribution in [2.24, 2.45) is 0 Å². The molecule has 25 heavy (non-hydrogen) atoms. The molecule has 2 amide bonds. The SMILES string of the molecule is CCOc1ccccc1NC(=O)NCCn1c(C)cc(OC)cc1=O. The molecule has 0 saturated carbocycles. The second kappa shape index (κ2) is 8.77. The lowest BCUT2D eigenvalue weighted by Gasteiger charge is -2.14. The minimum atomic E-state index is -0.355. The van der Waals surface area contributed by atoms with E-state index in [0.717, 1.165) is 5.69 Å². The van der Waals surface area contributed by atoms with Crippen LogP contribution in [0.3, 0.4) is 0 Å². The van der Waals surface area contributed by atoms with E-state index < -0.39 is 0 Å². The van der Waals surface area contributed by atoms with Gasteiger partial charge in [0.25, 0.3) is 5.56 Å². The number of nitrogens with one attached hydrogen (secondary N) is 2. The van der Waals surface area contributed by atoms with Crippen LogP contribution in [0.25, 0.3) is 0 Å². The van der Waals surface area contributed by atoms with E-state index in [2.05, 4.69) is 10.6 Å². The summed E-state index contributed by atoms with van der Waals surface area (Å²) in [5.41, 5.74) is 1.20. The molecule has 0 bridgehead atoms. The Bertz CT molecular complexity index is 786. The Labute approximate surface area is 146 Å². The van der Waals surface area contributed by atoms with Crippen LogP contribution in [0.1, 0.15) is 12.6 Å². The van der Waals surface area contributed by atoms with E-state index in [1.54, 1.807) is 22.8 Å².